The number of aromatic amines is 1. The monoisotopic (exact) mass is 464 g/mol. The first-order valence-corrected chi connectivity index (χ1v) is 11.6. The summed E-state index contributed by atoms with van der Waals surface area (Å²) in [6.07, 6.45) is 6.35. The zero-order valence-corrected chi connectivity index (χ0v) is 19.2. The highest BCUT2D eigenvalue weighted by Crippen LogP contribution is 2.38. The van der Waals surface area contributed by atoms with Crippen LogP contribution in [0.1, 0.15) is 46.2 Å². The highest BCUT2D eigenvalue weighted by atomic mass is 16.5. The van der Waals surface area contributed by atoms with Gasteiger partial charge in [0, 0.05) is 35.1 Å². The molecule has 0 bridgehead atoms. The Hall–Kier alpha value is -4.46. The third-order valence-electron chi connectivity index (χ3n) is 6.02. The number of pyridine rings is 1. The van der Waals surface area contributed by atoms with Gasteiger partial charge in [-0.1, -0.05) is 6.07 Å². The van der Waals surface area contributed by atoms with Crippen molar-refractivity contribution in [1.29, 1.82) is 0 Å². The lowest BCUT2D eigenvalue weighted by atomic mass is 10.1. The minimum absolute atomic E-state index is 0.186. The second-order valence-corrected chi connectivity index (χ2v) is 8.87. The number of aryl methyl sites for hydroxylation is 1. The van der Waals surface area contributed by atoms with Gasteiger partial charge in [-0.25, -0.2) is 9.97 Å². The van der Waals surface area contributed by atoms with E-state index in [9.17, 15) is 4.79 Å². The van der Waals surface area contributed by atoms with Crippen LogP contribution in [0.25, 0.3) is 17.0 Å². The highest BCUT2D eigenvalue weighted by Gasteiger charge is 2.27. The van der Waals surface area contributed by atoms with E-state index in [-0.39, 0.29) is 5.91 Å². The van der Waals surface area contributed by atoms with Crippen molar-refractivity contribution in [2.75, 3.05) is 5.32 Å². The zero-order chi connectivity index (χ0) is 23.8. The van der Waals surface area contributed by atoms with Gasteiger partial charge in [-0.3, -0.25) is 9.89 Å². The standard InChI is InChI=1S/C27H24N6O2/c1-17-2-13-24-28-22(15-33(24)14-17)16-35-23-11-7-20(8-12-23)27(34)29-21-9-5-19(6-10-21)26-30-25(31-32-26)18-3-4-18/h2,5-15,18H,3-4,16H2,1H3,(H,29,34)(H,30,31,32). The molecule has 5 aromatic rings. The van der Waals surface area contributed by atoms with Crippen LogP contribution in [-0.2, 0) is 6.61 Å². The van der Waals surface area contributed by atoms with E-state index in [4.69, 9.17) is 4.74 Å². The molecular formula is C27H24N6O2. The van der Waals surface area contributed by atoms with Crippen LogP contribution in [0.4, 0.5) is 5.69 Å². The molecule has 0 radical (unpaired) electrons. The van der Waals surface area contributed by atoms with Crippen LogP contribution in [0.15, 0.2) is 73.1 Å². The molecule has 1 aliphatic rings. The summed E-state index contributed by atoms with van der Waals surface area (Å²) in [7, 11) is 0. The second-order valence-electron chi connectivity index (χ2n) is 8.87. The van der Waals surface area contributed by atoms with Crippen LogP contribution >= 0.6 is 0 Å². The Morgan fingerprint density at radius 2 is 1.83 bits per heavy atom. The Kier molecular flexibility index (Phi) is 5.25. The van der Waals surface area contributed by atoms with Crippen LogP contribution in [0.5, 0.6) is 5.75 Å². The van der Waals surface area contributed by atoms with Crippen LogP contribution in [0.2, 0.25) is 0 Å². The van der Waals surface area contributed by atoms with E-state index in [0.717, 1.165) is 22.7 Å². The minimum Gasteiger partial charge on any atom is -0.487 e. The molecule has 0 atom stereocenters. The first-order chi connectivity index (χ1) is 17.1. The smallest absolute Gasteiger partial charge is 0.255 e. The number of rotatable bonds is 7. The average molecular weight is 465 g/mol. The van der Waals surface area contributed by atoms with Gasteiger partial charge in [-0.05, 0) is 79.9 Å². The van der Waals surface area contributed by atoms with E-state index in [1.807, 2.05) is 60.1 Å². The Balaban J connectivity index is 1.06. The van der Waals surface area contributed by atoms with Gasteiger partial charge in [-0.2, -0.15) is 5.10 Å². The number of nitrogens with one attached hydrogen (secondary N) is 2. The second kappa shape index (κ2) is 8.72. The van der Waals surface area contributed by atoms with Crippen molar-refractivity contribution in [2.24, 2.45) is 0 Å². The molecule has 3 heterocycles. The molecule has 0 saturated heterocycles. The third-order valence-corrected chi connectivity index (χ3v) is 6.02. The van der Waals surface area contributed by atoms with E-state index in [1.54, 1.807) is 24.3 Å². The first kappa shape index (κ1) is 21.1. The summed E-state index contributed by atoms with van der Waals surface area (Å²) in [4.78, 5) is 21.8. The topological polar surface area (TPSA) is 97.2 Å². The number of imidazole rings is 1. The normalized spacial score (nSPS) is 13.2. The summed E-state index contributed by atoms with van der Waals surface area (Å²) in [5, 5.41) is 10.2. The molecule has 8 heteroatoms. The molecule has 8 nitrogen and oxygen atoms in total. The lowest BCUT2D eigenvalue weighted by molar-refractivity contribution is 0.102. The van der Waals surface area contributed by atoms with Crippen molar-refractivity contribution in [2.45, 2.75) is 32.3 Å². The molecule has 1 amide bonds. The van der Waals surface area contributed by atoms with Crippen LogP contribution in [0.3, 0.4) is 0 Å². The van der Waals surface area contributed by atoms with Gasteiger partial charge in [-0.15, -0.1) is 0 Å². The molecule has 35 heavy (non-hydrogen) atoms. The maximum absolute atomic E-state index is 12.7. The Morgan fingerprint density at radius 3 is 2.60 bits per heavy atom. The number of carbonyl (C=O) groups excluding carboxylic acids is 1. The molecule has 0 spiro atoms. The Bertz CT molecular complexity index is 1500. The summed E-state index contributed by atoms with van der Waals surface area (Å²) in [5.41, 5.74) is 5.07. The summed E-state index contributed by atoms with van der Waals surface area (Å²) >= 11 is 0. The van der Waals surface area contributed by atoms with Crippen LogP contribution < -0.4 is 10.1 Å². The number of nitrogens with zero attached hydrogens (tertiary/aromatic N) is 4. The Labute approximate surface area is 202 Å². The number of carbonyl (C=O) groups is 1. The quantitative estimate of drug-likeness (QED) is 0.348. The third kappa shape index (κ3) is 4.63. The SMILES string of the molecule is Cc1ccc2nc(COc3ccc(C(=O)Nc4ccc(-c5n[nH]c(C6CC6)n5)cc4)cc3)cn2c1. The molecule has 1 saturated carbocycles. The molecular weight excluding hydrogens is 440 g/mol. The fourth-order valence-electron chi connectivity index (χ4n) is 3.93. The highest BCUT2D eigenvalue weighted by molar-refractivity contribution is 6.04. The summed E-state index contributed by atoms with van der Waals surface area (Å²) < 4.78 is 7.85. The number of benzene rings is 2. The summed E-state index contributed by atoms with van der Waals surface area (Å²) in [5.74, 6) is 2.66. The fraction of sp³-hybridized carbons (Fsp3) is 0.185. The number of hydrogen-bond acceptors (Lipinski definition) is 5. The predicted octanol–water partition coefficient (Wildman–Crippen LogP) is 5.14. The van der Waals surface area contributed by atoms with E-state index in [1.165, 1.54) is 18.4 Å². The van der Waals surface area contributed by atoms with Gasteiger partial charge in [0.15, 0.2) is 5.82 Å². The van der Waals surface area contributed by atoms with Gasteiger partial charge < -0.3 is 14.5 Å². The van der Waals surface area contributed by atoms with Crippen molar-refractivity contribution in [3.63, 3.8) is 0 Å². The number of H-pyrrole nitrogens is 1. The molecule has 2 N–H and O–H groups in total. The van der Waals surface area contributed by atoms with E-state index in [2.05, 4.69) is 25.5 Å². The van der Waals surface area contributed by atoms with Crippen molar-refractivity contribution in [3.8, 4) is 17.1 Å². The van der Waals surface area contributed by atoms with Gasteiger partial charge in [0.2, 0.25) is 0 Å². The predicted molar refractivity (Wildman–Crippen MR) is 132 cm³/mol. The lowest BCUT2D eigenvalue weighted by Gasteiger charge is -2.08. The molecule has 1 aliphatic carbocycles. The average Bonchev–Trinajstić information content (AvgIpc) is 3.46. The van der Waals surface area contributed by atoms with E-state index >= 15 is 0 Å². The lowest BCUT2D eigenvalue weighted by Crippen LogP contribution is -2.11. The fourth-order valence-corrected chi connectivity index (χ4v) is 3.93. The van der Waals surface area contributed by atoms with Crippen molar-refractivity contribution in [3.05, 3.63) is 95.7 Å². The summed E-state index contributed by atoms with van der Waals surface area (Å²) in [6.45, 7) is 2.40. The first-order valence-electron chi connectivity index (χ1n) is 11.6. The maximum atomic E-state index is 12.7. The molecule has 0 unspecified atom stereocenters. The number of aromatic nitrogens is 5. The molecule has 1 fully saturated rings. The largest absolute Gasteiger partial charge is 0.487 e. The number of ether oxygens (including phenoxy) is 1. The van der Waals surface area contributed by atoms with Crippen LogP contribution in [0, 0.1) is 6.92 Å². The van der Waals surface area contributed by atoms with E-state index < -0.39 is 0 Å². The van der Waals surface area contributed by atoms with Gasteiger partial charge in [0.05, 0.1) is 5.69 Å². The van der Waals surface area contributed by atoms with Crippen molar-refractivity contribution in [1.82, 2.24) is 24.6 Å². The maximum Gasteiger partial charge on any atom is 0.255 e. The molecule has 0 aliphatic heterocycles. The molecule has 6 rings (SSSR count). The van der Waals surface area contributed by atoms with Crippen molar-refractivity contribution >= 4 is 17.2 Å². The number of hydrogen-bond donors (Lipinski definition) is 2. The number of anilines is 1. The van der Waals surface area contributed by atoms with Crippen molar-refractivity contribution < 1.29 is 9.53 Å². The minimum atomic E-state index is -0.186. The molecule has 174 valence electrons. The summed E-state index contributed by atoms with van der Waals surface area (Å²) in [6, 6.07) is 18.6. The zero-order valence-electron chi connectivity index (χ0n) is 19.2. The van der Waals surface area contributed by atoms with E-state index in [0.29, 0.717) is 35.3 Å². The van der Waals surface area contributed by atoms with Crippen LogP contribution in [-0.4, -0.2) is 30.5 Å². The van der Waals surface area contributed by atoms with Gasteiger partial charge in [0.25, 0.3) is 5.91 Å². The molecule has 2 aromatic carbocycles. The van der Waals surface area contributed by atoms with Gasteiger partial charge >= 0.3 is 0 Å². The number of amides is 1. The Morgan fingerprint density at radius 1 is 1.03 bits per heavy atom. The van der Waals surface area contributed by atoms with Gasteiger partial charge in [0.1, 0.15) is 23.8 Å². The number of fused-ring (bicyclic) bond motifs is 1. The molecule has 3 aromatic heterocycles.